The van der Waals surface area contributed by atoms with Crippen LogP contribution in [-0.2, 0) is 4.79 Å². The van der Waals surface area contributed by atoms with E-state index in [1.54, 1.807) is 0 Å². The summed E-state index contributed by atoms with van der Waals surface area (Å²) in [4.78, 5) is 23.6. The minimum atomic E-state index is 0. The van der Waals surface area contributed by atoms with E-state index in [0.29, 0.717) is 0 Å². The molecule has 0 atom stereocenters. The van der Waals surface area contributed by atoms with Gasteiger partial charge < -0.3 is 20.0 Å². The number of amides is 1. The summed E-state index contributed by atoms with van der Waals surface area (Å²) in [6.07, 6.45) is 2.40. The topological polar surface area (TPSA) is 51.2 Å². The zero-order valence-electron chi connectivity index (χ0n) is 15.9. The number of rotatable bonds is 4. The van der Waals surface area contributed by atoms with E-state index in [1.807, 2.05) is 29.2 Å². The van der Waals surface area contributed by atoms with Crippen molar-refractivity contribution in [2.24, 2.45) is 4.99 Å². The second-order valence-corrected chi connectivity index (χ2v) is 7.15. The number of piperazine rings is 1. The molecule has 2 aliphatic heterocycles. The van der Waals surface area contributed by atoms with Crippen LogP contribution in [0.4, 0.5) is 5.69 Å². The van der Waals surface area contributed by atoms with Gasteiger partial charge in [-0.1, -0.05) is 11.6 Å². The van der Waals surface area contributed by atoms with Gasteiger partial charge in [-0.15, -0.1) is 24.0 Å². The van der Waals surface area contributed by atoms with Crippen molar-refractivity contribution in [3.8, 4) is 0 Å². The van der Waals surface area contributed by atoms with Crippen LogP contribution in [-0.4, -0.2) is 74.0 Å². The third-order valence-electron chi connectivity index (χ3n) is 4.93. The third-order valence-corrected chi connectivity index (χ3v) is 5.18. The highest BCUT2D eigenvalue weighted by atomic mass is 127. The Hall–Kier alpha value is -1.22. The quantitative estimate of drug-likeness (QED) is 0.388. The van der Waals surface area contributed by atoms with Crippen LogP contribution in [0.5, 0.6) is 0 Å². The summed E-state index contributed by atoms with van der Waals surface area (Å²) in [6, 6.07) is 7.87. The number of guanidine groups is 1. The zero-order chi connectivity index (χ0) is 18.4. The number of carbonyl (C=O) groups is 1. The van der Waals surface area contributed by atoms with Crippen molar-refractivity contribution in [2.45, 2.75) is 19.8 Å². The number of halogens is 2. The molecule has 6 nitrogen and oxygen atoms in total. The Kier molecular flexibility index (Phi) is 8.95. The molecular weight excluding hydrogens is 477 g/mol. The van der Waals surface area contributed by atoms with Gasteiger partial charge in [-0.25, -0.2) is 4.99 Å². The van der Waals surface area contributed by atoms with Gasteiger partial charge in [-0.2, -0.15) is 0 Å². The van der Waals surface area contributed by atoms with Crippen LogP contribution in [0.3, 0.4) is 0 Å². The van der Waals surface area contributed by atoms with E-state index in [4.69, 9.17) is 11.6 Å². The monoisotopic (exact) mass is 505 g/mol. The van der Waals surface area contributed by atoms with Gasteiger partial charge in [0.05, 0.1) is 0 Å². The molecule has 0 spiro atoms. The van der Waals surface area contributed by atoms with Crippen LogP contribution in [0.1, 0.15) is 19.8 Å². The van der Waals surface area contributed by atoms with Crippen LogP contribution in [0.25, 0.3) is 0 Å². The first-order chi connectivity index (χ1) is 12.7. The van der Waals surface area contributed by atoms with E-state index in [1.165, 1.54) is 12.8 Å². The first-order valence-electron chi connectivity index (χ1n) is 9.49. The first kappa shape index (κ1) is 22.1. The summed E-state index contributed by atoms with van der Waals surface area (Å²) in [5.74, 6) is 0.980. The molecule has 0 unspecified atom stereocenters. The van der Waals surface area contributed by atoms with Crippen LogP contribution in [0.15, 0.2) is 29.3 Å². The second-order valence-electron chi connectivity index (χ2n) is 6.71. The van der Waals surface area contributed by atoms with E-state index >= 15 is 0 Å². The largest absolute Gasteiger partial charge is 0.368 e. The predicted molar refractivity (Wildman–Crippen MR) is 122 cm³/mol. The Labute approximate surface area is 183 Å². The molecule has 0 radical (unpaired) electrons. The number of hydrogen-bond acceptors (Lipinski definition) is 3. The number of benzene rings is 1. The van der Waals surface area contributed by atoms with Crippen LogP contribution >= 0.6 is 35.6 Å². The van der Waals surface area contributed by atoms with E-state index in [2.05, 4.69) is 27.0 Å². The molecule has 0 saturated carbocycles. The molecule has 0 bridgehead atoms. The summed E-state index contributed by atoms with van der Waals surface area (Å²) in [6.45, 7) is 8.30. The number of likely N-dealkylation sites (tertiary alicyclic amines) is 1. The van der Waals surface area contributed by atoms with E-state index in [-0.39, 0.29) is 36.4 Å². The first-order valence-corrected chi connectivity index (χ1v) is 9.86. The van der Waals surface area contributed by atoms with Gasteiger partial charge in [0.2, 0.25) is 5.91 Å². The Morgan fingerprint density at radius 1 is 1.04 bits per heavy atom. The van der Waals surface area contributed by atoms with Crippen molar-refractivity contribution in [1.29, 1.82) is 0 Å². The Morgan fingerprint density at radius 3 is 2.26 bits per heavy atom. The molecule has 1 aromatic carbocycles. The Bertz CT molecular complexity index is 625. The molecule has 8 heteroatoms. The number of nitrogens with zero attached hydrogens (tertiary/aromatic N) is 4. The molecule has 3 rings (SSSR count). The van der Waals surface area contributed by atoms with Gasteiger partial charge in [0.25, 0.3) is 0 Å². The molecule has 27 heavy (non-hydrogen) atoms. The SMILES string of the molecule is CCNC(=NCC(=O)N1CCN(c2ccc(Cl)cc2)CC1)N1CCCC1.I. The van der Waals surface area contributed by atoms with Gasteiger partial charge in [-0.3, -0.25) is 4.79 Å². The molecule has 1 aromatic rings. The highest BCUT2D eigenvalue weighted by Gasteiger charge is 2.22. The van der Waals surface area contributed by atoms with Crippen LogP contribution < -0.4 is 10.2 Å². The van der Waals surface area contributed by atoms with E-state index in [9.17, 15) is 4.79 Å². The molecule has 2 heterocycles. The molecule has 0 aliphatic carbocycles. The highest BCUT2D eigenvalue weighted by molar-refractivity contribution is 14.0. The number of aliphatic imine (C=N–C) groups is 1. The number of anilines is 1. The molecule has 2 saturated heterocycles. The lowest BCUT2D eigenvalue weighted by atomic mass is 10.2. The molecule has 2 fully saturated rings. The maximum absolute atomic E-state index is 12.5. The van der Waals surface area contributed by atoms with Gasteiger partial charge in [-0.05, 0) is 44.0 Å². The molecule has 150 valence electrons. The average molecular weight is 506 g/mol. The van der Waals surface area contributed by atoms with Gasteiger partial charge in [0.1, 0.15) is 6.54 Å². The van der Waals surface area contributed by atoms with E-state index < -0.39 is 0 Å². The van der Waals surface area contributed by atoms with Crippen molar-refractivity contribution in [3.63, 3.8) is 0 Å². The van der Waals surface area contributed by atoms with Crippen molar-refractivity contribution < 1.29 is 4.79 Å². The average Bonchev–Trinajstić information content (AvgIpc) is 3.20. The highest BCUT2D eigenvalue weighted by Crippen LogP contribution is 2.19. The lowest BCUT2D eigenvalue weighted by molar-refractivity contribution is -0.129. The molecular formula is C19H29ClIN5O. The zero-order valence-corrected chi connectivity index (χ0v) is 19.0. The predicted octanol–water partition coefficient (Wildman–Crippen LogP) is 2.67. The summed E-state index contributed by atoms with van der Waals surface area (Å²) in [5, 5.41) is 4.05. The molecule has 2 aliphatic rings. The van der Waals surface area contributed by atoms with Gasteiger partial charge in [0, 0.05) is 56.5 Å². The molecule has 0 aromatic heterocycles. The van der Waals surface area contributed by atoms with Crippen molar-refractivity contribution >= 4 is 53.1 Å². The maximum Gasteiger partial charge on any atom is 0.244 e. The Morgan fingerprint density at radius 2 is 1.67 bits per heavy atom. The van der Waals surface area contributed by atoms with Gasteiger partial charge in [0.15, 0.2) is 5.96 Å². The fraction of sp³-hybridized carbons (Fsp3) is 0.579. The number of carbonyl (C=O) groups excluding carboxylic acids is 1. The van der Waals surface area contributed by atoms with E-state index in [0.717, 1.165) is 62.5 Å². The maximum atomic E-state index is 12.5. The number of hydrogen-bond donors (Lipinski definition) is 1. The normalized spacial score (nSPS) is 17.7. The fourth-order valence-corrected chi connectivity index (χ4v) is 3.59. The van der Waals surface area contributed by atoms with Crippen LogP contribution in [0.2, 0.25) is 5.02 Å². The van der Waals surface area contributed by atoms with Crippen molar-refractivity contribution in [3.05, 3.63) is 29.3 Å². The summed E-state index contributed by atoms with van der Waals surface area (Å²) in [5.41, 5.74) is 1.16. The van der Waals surface area contributed by atoms with Crippen molar-refractivity contribution in [2.75, 3.05) is 57.3 Å². The molecule has 1 N–H and O–H groups in total. The second kappa shape index (κ2) is 10.9. The van der Waals surface area contributed by atoms with Crippen molar-refractivity contribution in [1.82, 2.24) is 15.1 Å². The van der Waals surface area contributed by atoms with Crippen LogP contribution in [0, 0.1) is 0 Å². The van der Waals surface area contributed by atoms with Gasteiger partial charge >= 0.3 is 0 Å². The fourth-order valence-electron chi connectivity index (χ4n) is 3.46. The summed E-state index contributed by atoms with van der Waals surface area (Å²) < 4.78 is 0. The molecule has 1 amide bonds. The number of nitrogens with one attached hydrogen (secondary N) is 1. The lowest BCUT2D eigenvalue weighted by Gasteiger charge is -2.36. The smallest absolute Gasteiger partial charge is 0.244 e. The summed E-state index contributed by atoms with van der Waals surface area (Å²) >= 11 is 5.95. The standard InChI is InChI=1S/C19H28ClN5O.HI/c1-2-21-19(25-9-3-4-10-25)22-15-18(26)24-13-11-23(12-14-24)17-7-5-16(20)6-8-17;/h5-8H,2-4,9-15H2,1H3,(H,21,22);1H. The minimum absolute atomic E-state index is 0. The minimum Gasteiger partial charge on any atom is -0.368 e. The summed E-state index contributed by atoms with van der Waals surface area (Å²) in [7, 11) is 0. The Balaban J connectivity index is 0.00000261. The third kappa shape index (κ3) is 6.14. The lowest BCUT2D eigenvalue weighted by Crippen LogP contribution is -2.49.